The first kappa shape index (κ1) is 8.96. The van der Waals surface area contributed by atoms with Crippen molar-refractivity contribution in [2.24, 2.45) is 5.92 Å². The van der Waals surface area contributed by atoms with Gasteiger partial charge in [-0.3, -0.25) is 4.79 Å². The quantitative estimate of drug-likeness (QED) is 0.753. The topological polar surface area (TPSA) is 26.3 Å². The Morgan fingerprint density at radius 2 is 2.13 bits per heavy atom. The zero-order chi connectivity index (χ0) is 10.3. The first-order chi connectivity index (χ1) is 7.34. The maximum atomic E-state index is 11.5. The molecule has 2 heteroatoms. The van der Waals surface area contributed by atoms with Gasteiger partial charge in [-0.2, -0.15) is 0 Å². The van der Waals surface area contributed by atoms with E-state index in [1.54, 1.807) is 0 Å². The predicted molar refractivity (Wildman–Crippen MR) is 57.3 cm³/mol. The minimum absolute atomic E-state index is 0.266. The largest absolute Gasteiger partial charge is 0.493 e. The molecular weight excluding hydrogens is 188 g/mol. The average molecular weight is 202 g/mol. The van der Waals surface area contributed by atoms with Crippen molar-refractivity contribution in [1.82, 2.24) is 0 Å². The highest BCUT2D eigenvalue weighted by atomic mass is 16.5. The van der Waals surface area contributed by atoms with Gasteiger partial charge in [0.25, 0.3) is 0 Å². The number of hydrogen-bond donors (Lipinski definition) is 0. The SMILES string of the molecule is O=C1CCc2c(OCC3CC3)cccc21. The summed E-state index contributed by atoms with van der Waals surface area (Å²) in [6.07, 6.45) is 4.11. The molecule has 0 unspecified atom stereocenters. The van der Waals surface area contributed by atoms with Crippen LogP contribution in [0, 0.1) is 5.92 Å². The van der Waals surface area contributed by atoms with Crippen molar-refractivity contribution < 1.29 is 9.53 Å². The number of fused-ring (bicyclic) bond motifs is 1. The minimum Gasteiger partial charge on any atom is -0.493 e. The molecule has 0 bridgehead atoms. The van der Waals surface area contributed by atoms with Crippen LogP contribution in [0.2, 0.25) is 0 Å². The summed E-state index contributed by atoms with van der Waals surface area (Å²) in [5.74, 6) is 1.96. The van der Waals surface area contributed by atoms with E-state index in [4.69, 9.17) is 4.74 Å². The van der Waals surface area contributed by atoms with E-state index in [0.717, 1.165) is 35.8 Å². The third-order valence-electron chi connectivity index (χ3n) is 3.21. The van der Waals surface area contributed by atoms with Crippen LogP contribution in [0.3, 0.4) is 0 Å². The van der Waals surface area contributed by atoms with Crippen molar-refractivity contribution in [3.63, 3.8) is 0 Å². The summed E-state index contributed by atoms with van der Waals surface area (Å²) in [7, 11) is 0. The number of benzene rings is 1. The highest BCUT2D eigenvalue weighted by Gasteiger charge is 2.25. The summed E-state index contributed by atoms with van der Waals surface area (Å²) in [5, 5.41) is 0. The van der Waals surface area contributed by atoms with E-state index in [1.807, 2.05) is 18.2 Å². The van der Waals surface area contributed by atoms with Gasteiger partial charge in [-0.15, -0.1) is 0 Å². The second kappa shape index (κ2) is 3.37. The van der Waals surface area contributed by atoms with E-state index in [-0.39, 0.29) is 5.78 Å². The minimum atomic E-state index is 0.266. The van der Waals surface area contributed by atoms with E-state index in [9.17, 15) is 4.79 Å². The highest BCUT2D eigenvalue weighted by molar-refractivity contribution is 6.01. The molecule has 0 atom stereocenters. The Bertz CT molecular complexity index is 405. The summed E-state index contributed by atoms with van der Waals surface area (Å²) >= 11 is 0. The second-order valence-electron chi connectivity index (χ2n) is 4.46. The Hall–Kier alpha value is -1.31. The maximum absolute atomic E-state index is 11.5. The molecule has 0 aliphatic heterocycles. The molecule has 2 nitrogen and oxygen atoms in total. The van der Waals surface area contributed by atoms with E-state index in [0.29, 0.717) is 6.42 Å². The predicted octanol–water partition coefficient (Wildman–Crippen LogP) is 2.60. The van der Waals surface area contributed by atoms with E-state index in [2.05, 4.69) is 0 Å². The molecule has 0 N–H and O–H groups in total. The molecule has 0 aromatic heterocycles. The molecule has 3 rings (SSSR count). The number of hydrogen-bond acceptors (Lipinski definition) is 2. The van der Waals surface area contributed by atoms with Gasteiger partial charge in [0.05, 0.1) is 6.61 Å². The molecule has 2 aliphatic rings. The molecule has 78 valence electrons. The number of carbonyl (C=O) groups is 1. The van der Waals surface area contributed by atoms with Crippen LogP contribution in [0.1, 0.15) is 35.2 Å². The lowest BCUT2D eigenvalue weighted by atomic mass is 10.1. The lowest BCUT2D eigenvalue weighted by Gasteiger charge is -2.09. The summed E-state index contributed by atoms with van der Waals surface area (Å²) in [5.41, 5.74) is 2.01. The summed E-state index contributed by atoms with van der Waals surface area (Å²) in [6, 6.07) is 5.82. The van der Waals surface area contributed by atoms with Gasteiger partial charge in [0.1, 0.15) is 5.75 Å². The van der Waals surface area contributed by atoms with Crippen LogP contribution in [-0.2, 0) is 6.42 Å². The monoisotopic (exact) mass is 202 g/mol. The van der Waals surface area contributed by atoms with Crippen molar-refractivity contribution in [2.75, 3.05) is 6.61 Å². The molecule has 1 aromatic carbocycles. The van der Waals surface area contributed by atoms with Gasteiger partial charge in [0.2, 0.25) is 0 Å². The number of carbonyl (C=O) groups excluding carboxylic acids is 1. The van der Waals surface area contributed by atoms with Crippen molar-refractivity contribution in [1.29, 1.82) is 0 Å². The van der Waals surface area contributed by atoms with Crippen molar-refractivity contribution in [3.05, 3.63) is 29.3 Å². The van der Waals surface area contributed by atoms with Gasteiger partial charge >= 0.3 is 0 Å². The van der Waals surface area contributed by atoms with Gasteiger partial charge in [-0.1, -0.05) is 12.1 Å². The second-order valence-corrected chi connectivity index (χ2v) is 4.46. The van der Waals surface area contributed by atoms with Crippen molar-refractivity contribution in [3.8, 4) is 5.75 Å². The van der Waals surface area contributed by atoms with Crippen LogP contribution in [0.5, 0.6) is 5.75 Å². The Kier molecular flexibility index (Phi) is 2.01. The molecule has 1 saturated carbocycles. The third kappa shape index (κ3) is 1.65. The molecule has 0 radical (unpaired) electrons. The zero-order valence-electron chi connectivity index (χ0n) is 8.66. The Morgan fingerprint density at radius 1 is 1.27 bits per heavy atom. The standard InChI is InChI=1S/C13H14O2/c14-12-7-6-11-10(12)2-1-3-13(11)15-8-9-4-5-9/h1-3,9H,4-8H2. The van der Waals surface area contributed by atoms with Crippen LogP contribution in [0.4, 0.5) is 0 Å². The summed E-state index contributed by atoms with van der Waals surface area (Å²) in [6.45, 7) is 0.824. The zero-order valence-corrected chi connectivity index (χ0v) is 8.66. The molecule has 15 heavy (non-hydrogen) atoms. The van der Waals surface area contributed by atoms with Gasteiger partial charge in [-0.05, 0) is 31.2 Å². The van der Waals surface area contributed by atoms with Crippen LogP contribution >= 0.6 is 0 Å². The Balaban J connectivity index is 1.84. The van der Waals surface area contributed by atoms with E-state index in [1.165, 1.54) is 12.8 Å². The fourth-order valence-electron chi connectivity index (χ4n) is 2.09. The molecule has 1 aromatic rings. The smallest absolute Gasteiger partial charge is 0.163 e. The van der Waals surface area contributed by atoms with Crippen LogP contribution < -0.4 is 4.74 Å². The molecule has 0 spiro atoms. The van der Waals surface area contributed by atoms with Crippen molar-refractivity contribution in [2.45, 2.75) is 25.7 Å². The first-order valence-corrected chi connectivity index (χ1v) is 5.62. The lowest BCUT2D eigenvalue weighted by Crippen LogP contribution is -2.01. The summed E-state index contributed by atoms with van der Waals surface area (Å²) < 4.78 is 5.77. The Morgan fingerprint density at radius 3 is 2.93 bits per heavy atom. The normalized spacial score (nSPS) is 19.1. The molecule has 0 saturated heterocycles. The maximum Gasteiger partial charge on any atom is 0.163 e. The number of rotatable bonds is 3. The number of ether oxygens (including phenoxy) is 1. The van der Waals surface area contributed by atoms with Crippen molar-refractivity contribution >= 4 is 5.78 Å². The molecule has 1 fully saturated rings. The molecule has 0 heterocycles. The van der Waals surface area contributed by atoms with Crippen LogP contribution in [0.25, 0.3) is 0 Å². The van der Waals surface area contributed by atoms with E-state index < -0.39 is 0 Å². The van der Waals surface area contributed by atoms with Gasteiger partial charge in [-0.25, -0.2) is 0 Å². The van der Waals surface area contributed by atoms with E-state index >= 15 is 0 Å². The molecule has 0 amide bonds. The van der Waals surface area contributed by atoms with Gasteiger partial charge < -0.3 is 4.74 Å². The third-order valence-corrected chi connectivity index (χ3v) is 3.21. The summed E-state index contributed by atoms with van der Waals surface area (Å²) in [4.78, 5) is 11.5. The fraction of sp³-hybridized carbons (Fsp3) is 0.462. The molecular formula is C13H14O2. The highest BCUT2D eigenvalue weighted by Crippen LogP contribution is 2.33. The van der Waals surface area contributed by atoms with Gasteiger partial charge in [0.15, 0.2) is 5.78 Å². The fourth-order valence-corrected chi connectivity index (χ4v) is 2.09. The lowest BCUT2D eigenvalue weighted by molar-refractivity contribution is 0.0994. The molecule has 2 aliphatic carbocycles. The number of ketones is 1. The Labute approximate surface area is 89.2 Å². The first-order valence-electron chi connectivity index (χ1n) is 5.62. The van der Waals surface area contributed by atoms with Crippen LogP contribution in [-0.4, -0.2) is 12.4 Å². The average Bonchev–Trinajstić information content (AvgIpc) is 3.01. The van der Waals surface area contributed by atoms with Gasteiger partial charge in [0, 0.05) is 17.5 Å². The van der Waals surface area contributed by atoms with Crippen LogP contribution in [0.15, 0.2) is 18.2 Å². The number of Topliss-reactive ketones (excluding diaryl/α,β-unsaturated/α-hetero) is 1.